The van der Waals surface area contributed by atoms with Crippen LogP contribution in [-0.2, 0) is 0 Å². The monoisotopic (exact) mass is 187 g/mol. The minimum atomic E-state index is 0. The van der Waals surface area contributed by atoms with Crippen molar-refractivity contribution in [2.24, 2.45) is 0 Å². The first-order chi connectivity index (χ1) is 4.88. The number of nitrogens with two attached hydrogens (primary N) is 1. The molecule has 0 aliphatic rings. The Morgan fingerprint density at radius 1 is 1.25 bits per heavy atom. The minimum Gasteiger partial charge on any atom is -0.382 e. The molecule has 2 rings (SSSR count). The van der Waals surface area contributed by atoms with Crippen LogP contribution in [-0.4, -0.2) is 19.9 Å². The Bertz CT molecular complexity index is 357. The van der Waals surface area contributed by atoms with E-state index in [1.165, 1.54) is 12.7 Å². The van der Waals surface area contributed by atoms with Crippen LogP contribution in [0.5, 0.6) is 0 Å². The van der Waals surface area contributed by atoms with Crippen molar-refractivity contribution >= 4 is 29.4 Å². The van der Waals surface area contributed by atoms with E-state index in [-0.39, 0.29) is 19.8 Å². The van der Waals surface area contributed by atoms with Gasteiger partial charge in [-0.05, 0) is 0 Å². The number of rotatable bonds is 0. The van der Waals surface area contributed by atoms with Crippen molar-refractivity contribution in [2.45, 2.75) is 7.43 Å². The number of nitrogen functional groups attached to an aromatic ring is 1. The van der Waals surface area contributed by atoms with Crippen molar-refractivity contribution < 1.29 is 0 Å². The predicted octanol–water partition coefficient (Wildman–Crippen LogP) is 0.993. The molecule has 5 nitrogen and oxygen atoms in total. The molecule has 66 valence electrons. The first-order valence-electron chi connectivity index (χ1n) is 2.77. The molecule has 12 heavy (non-hydrogen) atoms. The number of nitrogens with zero attached hydrogens (tertiary/aromatic N) is 3. The van der Waals surface area contributed by atoms with Gasteiger partial charge in [-0.1, -0.05) is 7.43 Å². The van der Waals surface area contributed by atoms with Gasteiger partial charge in [-0.25, -0.2) is 15.0 Å². The molecule has 0 aliphatic heterocycles. The van der Waals surface area contributed by atoms with Crippen molar-refractivity contribution in [1.29, 1.82) is 0 Å². The number of fused-ring (bicyclic) bond motifs is 1. The largest absolute Gasteiger partial charge is 0.382 e. The summed E-state index contributed by atoms with van der Waals surface area (Å²) in [5.41, 5.74) is 6.78. The van der Waals surface area contributed by atoms with Gasteiger partial charge in [0.05, 0.1) is 6.33 Å². The third-order valence-electron chi connectivity index (χ3n) is 1.25. The second-order valence-corrected chi connectivity index (χ2v) is 1.86. The van der Waals surface area contributed by atoms with Gasteiger partial charge in [-0.15, -0.1) is 12.4 Å². The Kier molecular flexibility index (Phi) is 3.43. The number of aromatic nitrogens is 4. The van der Waals surface area contributed by atoms with Crippen LogP contribution in [0.2, 0.25) is 0 Å². The summed E-state index contributed by atoms with van der Waals surface area (Å²) < 4.78 is 0. The quantitative estimate of drug-likeness (QED) is 0.645. The summed E-state index contributed by atoms with van der Waals surface area (Å²) in [6, 6.07) is 0. The highest BCUT2D eigenvalue weighted by molar-refractivity contribution is 5.85. The molecule has 0 unspecified atom stereocenters. The fourth-order valence-electron chi connectivity index (χ4n) is 0.784. The fraction of sp³-hybridized carbons (Fsp3) is 0.167. The highest BCUT2D eigenvalue weighted by Crippen LogP contribution is 2.09. The zero-order valence-electron chi connectivity index (χ0n) is 5.48. The molecular formula is C6H10ClN5. The third kappa shape index (κ3) is 1.45. The molecule has 0 amide bonds. The second kappa shape index (κ2) is 3.87. The molecule has 0 radical (unpaired) electrons. The number of anilines is 1. The van der Waals surface area contributed by atoms with E-state index < -0.39 is 0 Å². The zero-order valence-corrected chi connectivity index (χ0v) is 6.30. The standard InChI is InChI=1S/C5H5N5.CH4.ClH/c6-4-3-5(9-1-7-3)10-2-8-4;;/h1-2H,(H3,6,7,8,9,10);1H4;1H. The molecule has 0 atom stereocenters. The summed E-state index contributed by atoms with van der Waals surface area (Å²) >= 11 is 0. The van der Waals surface area contributed by atoms with Crippen LogP contribution >= 0.6 is 12.4 Å². The Balaban J connectivity index is 0.000000605. The molecule has 0 spiro atoms. The van der Waals surface area contributed by atoms with Gasteiger partial charge in [0.1, 0.15) is 11.8 Å². The number of hydrogen-bond donors (Lipinski definition) is 2. The number of imidazole rings is 1. The summed E-state index contributed by atoms with van der Waals surface area (Å²) in [6.45, 7) is 0. The van der Waals surface area contributed by atoms with E-state index in [0.717, 1.165) is 0 Å². The first-order valence-corrected chi connectivity index (χ1v) is 2.77. The normalized spacial score (nSPS) is 8.67. The van der Waals surface area contributed by atoms with E-state index in [0.29, 0.717) is 17.0 Å². The smallest absolute Gasteiger partial charge is 0.182 e. The lowest BCUT2D eigenvalue weighted by atomic mass is 10.5. The summed E-state index contributed by atoms with van der Waals surface area (Å²) in [6.07, 6.45) is 2.92. The third-order valence-corrected chi connectivity index (χ3v) is 1.25. The summed E-state index contributed by atoms with van der Waals surface area (Å²) in [5, 5.41) is 0. The molecule has 0 saturated heterocycles. The van der Waals surface area contributed by atoms with Gasteiger partial charge in [0, 0.05) is 0 Å². The van der Waals surface area contributed by atoms with Gasteiger partial charge in [0.25, 0.3) is 0 Å². The summed E-state index contributed by atoms with van der Waals surface area (Å²) in [5.74, 6) is 0.433. The lowest BCUT2D eigenvalue weighted by Crippen LogP contribution is -1.91. The molecule has 6 heteroatoms. The maximum Gasteiger partial charge on any atom is 0.182 e. The number of nitrogens with one attached hydrogen (secondary N) is 1. The highest BCUT2D eigenvalue weighted by Gasteiger charge is 1.99. The Hall–Kier alpha value is -1.36. The molecule has 0 bridgehead atoms. The van der Waals surface area contributed by atoms with Crippen LogP contribution < -0.4 is 5.73 Å². The van der Waals surface area contributed by atoms with E-state index >= 15 is 0 Å². The van der Waals surface area contributed by atoms with Crippen LogP contribution in [0.4, 0.5) is 5.82 Å². The van der Waals surface area contributed by atoms with Crippen LogP contribution in [0.25, 0.3) is 11.2 Å². The number of aromatic amines is 1. The van der Waals surface area contributed by atoms with Crippen LogP contribution in [0.15, 0.2) is 12.7 Å². The van der Waals surface area contributed by atoms with Crippen molar-refractivity contribution in [3.8, 4) is 0 Å². The topological polar surface area (TPSA) is 80.5 Å². The van der Waals surface area contributed by atoms with Crippen molar-refractivity contribution in [2.75, 3.05) is 5.73 Å². The second-order valence-electron chi connectivity index (χ2n) is 1.86. The van der Waals surface area contributed by atoms with Crippen molar-refractivity contribution in [3.63, 3.8) is 0 Å². The maximum absolute atomic E-state index is 5.48. The van der Waals surface area contributed by atoms with Crippen molar-refractivity contribution in [3.05, 3.63) is 12.7 Å². The van der Waals surface area contributed by atoms with Crippen LogP contribution in [0.1, 0.15) is 7.43 Å². The Morgan fingerprint density at radius 2 is 2.00 bits per heavy atom. The fourth-order valence-corrected chi connectivity index (χ4v) is 0.784. The van der Waals surface area contributed by atoms with Gasteiger partial charge in [-0.2, -0.15) is 0 Å². The molecular weight excluding hydrogens is 178 g/mol. The molecule has 2 heterocycles. The Labute approximate surface area is 75.8 Å². The van der Waals surface area contributed by atoms with Crippen LogP contribution in [0.3, 0.4) is 0 Å². The predicted molar refractivity (Wildman–Crippen MR) is 50.1 cm³/mol. The SMILES string of the molecule is C.Cl.Nc1ncnc2nc[nH]c12. The van der Waals surface area contributed by atoms with Crippen molar-refractivity contribution in [1.82, 2.24) is 19.9 Å². The van der Waals surface area contributed by atoms with E-state index in [4.69, 9.17) is 5.73 Å². The van der Waals surface area contributed by atoms with Gasteiger partial charge in [-0.3, -0.25) is 0 Å². The number of halogens is 1. The number of H-pyrrole nitrogens is 1. The van der Waals surface area contributed by atoms with E-state index in [2.05, 4.69) is 19.9 Å². The van der Waals surface area contributed by atoms with Crippen LogP contribution in [0, 0.1) is 0 Å². The average Bonchev–Trinajstić information content (AvgIpc) is 2.36. The zero-order chi connectivity index (χ0) is 6.97. The molecule has 0 fully saturated rings. The highest BCUT2D eigenvalue weighted by atomic mass is 35.5. The molecule has 0 aromatic carbocycles. The molecule has 3 N–H and O–H groups in total. The Morgan fingerprint density at radius 3 is 2.67 bits per heavy atom. The lowest BCUT2D eigenvalue weighted by molar-refractivity contribution is 1.21. The molecule has 2 aromatic heterocycles. The lowest BCUT2D eigenvalue weighted by Gasteiger charge is -1.89. The maximum atomic E-state index is 5.48. The summed E-state index contributed by atoms with van der Waals surface area (Å²) in [7, 11) is 0. The number of hydrogen-bond acceptors (Lipinski definition) is 4. The average molecular weight is 188 g/mol. The van der Waals surface area contributed by atoms with Gasteiger partial charge < -0.3 is 10.7 Å². The van der Waals surface area contributed by atoms with Gasteiger partial charge in [0.15, 0.2) is 11.5 Å². The molecule has 2 aromatic rings. The van der Waals surface area contributed by atoms with E-state index in [9.17, 15) is 0 Å². The minimum absolute atomic E-state index is 0. The molecule has 0 saturated carbocycles. The van der Waals surface area contributed by atoms with E-state index in [1.54, 1.807) is 0 Å². The summed E-state index contributed by atoms with van der Waals surface area (Å²) in [4.78, 5) is 14.4. The van der Waals surface area contributed by atoms with Gasteiger partial charge in [0.2, 0.25) is 0 Å². The van der Waals surface area contributed by atoms with Gasteiger partial charge >= 0.3 is 0 Å². The van der Waals surface area contributed by atoms with E-state index in [1.807, 2.05) is 0 Å². The first kappa shape index (κ1) is 10.6. The molecule has 0 aliphatic carbocycles.